The summed E-state index contributed by atoms with van der Waals surface area (Å²) in [5.41, 5.74) is -0.149. The highest BCUT2D eigenvalue weighted by molar-refractivity contribution is 5.87. The number of aromatic nitrogens is 2. The second-order valence-corrected chi connectivity index (χ2v) is 4.25. The number of carbonyl (C=O) groups is 2. The predicted octanol–water partition coefficient (Wildman–Crippen LogP) is -0.484. The van der Waals surface area contributed by atoms with Crippen LogP contribution in [0.5, 0.6) is 0 Å². The van der Waals surface area contributed by atoms with E-state index in [1.165, 1.54) is 12.4 Å². The molecule has 8 nitrogen and oxygen atoms in total. The molecule has 2 heterocycles. The molecule has 1 aromatic heterocycles. The van der Waals surface area contributed by atoms with Crippen LogP contribution < -0.4 is 10.2 Å². The zero-order valence-electron chi connectivity index (χ0n) is 11.1. The monoisotopic (exact) mass is 280 g/mol. The van der Waals surface area contributed by atoms with Gasteiger partial charge in [-0.3, -0.25) is 9.78 Å². The van der Waals surface area contributed by atoms with E-state index in [9.17, 15) is 9.59 Å². The first-order valence-electron chi connectivity index (χ1n) is 6.31. The molecular formula is C12H16N4O4. The van der Waals surface area contributed by atoms with Crippen molar-refractivity contribution in [2.45, 2.75) is 13.0 Å². The van der Waals surface area contributed by atoms with Crippen molar-refractivity contribution in [3.63, 3.8) is 0 Å². The van der Waals surface area contributed by atoms with E-state index in [2.05, 4.69) is 15.3 Å². The van der Waals surface area contributed by atoms with Crippen molar-refractivity contribution in [3.05, 3.63) is 18.1 Å². The molecule has 0 spiro atoms. The van der Waals surface area contributed by atoms with Gasteiger partial charge in [0.2, 0.25) is 5.91 Å². The lowest BCUT2D eigenvalue weighted by molar-refractivity contribution is -0.124. The third-order valence-corrected chi connectivity index (χ3v) is 2.92. The minimum atomic E-state index is -1.15. The quantitative estimate of drug-likeness (QED) is 0.767. The first kappa shape index (κ1) is 14.2. The first-order chi connectivity index (χ1) is 9.63. The molecule has 0 aromatic carbocycles. The van der Waals surface area contributed by atoms with Crippen molar-refractivity contribution >= 4 is 17.7 Å². The van der Waals surface area contributed by atoms with Gasteiger partial charge in [-0.2, -0.15) is 0 Å². The van der Waals surface area contributed by atoms with E-state index >= 15 is 0 Å². The number of aromatic carboxylic acids is 1. The Morgan fingerprint density at radius 3 is 3.05 bits per heavy atom. The highest BCUT2D eigenvalue weighted by atomic mass is 16.5. The molecule has 1 aliphatic heterocycles. The van der Waals surface area contributed by atoms with Crippen LogP contribution in [0.3, 0.4) is 0 Å². The number of carboxylic acids is 1. The highest BCUT2D eigenvalue weighted by Crippen LogP contribution is 2.17. The molecule has 1 unspecified atom stereocenters. The van der Waals surface area contributed by atoms with Crippen molar-refractivity contribution in [2.75, 3.05) is 31.2 Å². The number of ether oxygens (including phenoxy) is 1. The molecule has 0 aliphatic carbocycles. The fourth-order valence-corrected chi connectivity index (χ4v) is 1.98. The number of likely N-dealkylation sites (N-methyl/N-ethyl adjacent to an activating group) is 1. The molecule has 0 saturated carbocycles. The van der Waals surface area contributed by atoms with Crippen LogP contribution in [0.15, 0.2) is 12.4 Å². The summed E-state index contributed by atoms with van der Waals surface area (Å²) in [5.74, 6) is -0.957. The fourth-order valence-electron chi connectivity index (χ4n) is 1.98. The number of carbonyl (C=O) groups excluding carboxylic acids is 1. The van der Waals surface area contributed by atoms with Gasteiger partial charge in [0.1, 0.15) is 11.9 Å². The minimum absolute atomic E-state index is 0.149. The van der Waals surface area contributed by atoms with E-state index in [4.69, 9.17) is 9.84 Å². The molecule has 0 radical (unpaired) electrons. The molecular weight excluding hydrogens is 264 g/mol. The third kappa shape index (κ3) is 3.02. The van der Waals surface area contributed by atoms with Gasteiger partial charge < -0.3 is 20.1 Å². The number of hydrogen-bond acceptors (Lipinski definition) is 6. The van der Waals surface area contributed by atoms with Crippen LogP contribution in [0.2, 0.25) is 0 Å². The minimum Gasteiger partial charge on any atom is -0.476 e. The lowest BCUT2D eigenvalue weighted by atomic mass is 10.2. The fraction of sp³-hybridized carbons (Fsp3) is 0.500. The Balaban J connectivity index is 2.25. The Hall–Kier alpha value is -2.22. The summed E-state index contributed by atoms with van der Waals surface area (Å²) in [6, 6.07) is -0.526. The van der Waals surface area contributed by atoms with Crippen LogP contribution in [-0.2, 0) is 9.53 Å². The number of rotatable bonds is 4. The first-order valence-corrected chi connectivity index (χ1v) is 6.31. The van der Waals surface area contributed by atoms with Crippen molar-refractivity contribution < 1.29 is 19.4 Å². The maximum Gasteiger partial charge on any atom is 0.356 e. The molecule has 20 heavy (non-hydrogen) atoms. The largest absolute Gasteiger partial charge is 0.476 e. The SMILES string of the molecule is CCNC(=O)C1COCCN1c1cncc(C(=O)O)n1. The van der Waals surface area contributed by atoms with Crippen LogP contribution >= 0.6 is 0 Å². The maximum absolute atomic E-state index is 12.0. The van der Waals surface area contributed by atoms with E-state index in [1.807, 2.05) is 6.92 Å². The Labute approximate surface area is 115 Å². The number of nitrogens with zero attached hydrogens (tertiary/aromatic N) is 3. The topological polar surface area (TPSA) is 105 Å². The second kappa shape index (κ2) is 6.29. The maximum atomic E-state index is 12.0. The van der Waals surface area contributed by atoms with Crippen molar-refractivity contribution in [1.29, 1.82) is 0 Å². The predicted molar refractivity (Wildman–Crippen MR) is 69.6 cm³/mol. The third-order valence-electron chi connectivity index (χ3n) is 2.92. The summed E-state index contributed by atoms with van der Waals surface area (Å²) in [6.45, 7) is 3.50. The van der Waals surface area contributed by atoms with E-state index in [0.29, 0.717) is 25.5 Å². The van der Waals surface area contributed by atoms with Crippen LogP contribution in [0, 0.1) is 0 Å². The lowest BCUT2D eigenvalue weighted by Gasteiger charge is -2.35. The Kier molecular flexibility index (Phi) is 4.46. The molecule has 8 heteroatoms. The van der Waals surface area contributed by atoms with Gasteiger partial charge in [0.05, 0.1) is 25.6 Å². The molecule has 1 saturated heterocycles. The van der Waals surface area contributed by atoms with Gasteiger partial charge in [0.15, 0.2) is 5.69 Å². The molecule has 0 bridgehead atoms. The van der Waals surface area contributed by atoms with Gasteiger partial charge in [-0.1, -0.05) is 0 Å². The molecule has 1 fully saturated rings. The smallest absolute Gasteiger partial charge is 0.356 e. The zero-order valence-corrected chi connectivity index (χ0v) is 11.1. The summed E-state index contributed by atoms with van der Waals surface area (Å²) in [7, 11) is 0. The molecule has 1 amide bonds. The average Bonchev–Trinajstić information content (AvgIpc) is 2.47. The van der Waals surface area contributed by atoms with Crippen molar-refractivity contribution in [1.82, 2.24) is 15.3 Å². The van der Waals surface area contributed by atoms with Crippen LogP contribution in [0.4, 0.5) is 5.82 Å². The van der Waals surface area contributed by atoms with Crippen LogP contribution in [0.1, 0.15) is 17.4 Å². The van der Waals surface area contributed by atoms with E-state index in [-0.39, 0.29) is 18.2 Å². The van der Waals surface area contributed by atoms with E-state index < -0.39 is 12.0 Å². The number of amides is 1. The van der Waals surface area contributed by atoms with Gasteiger partial charge in [-0.05, 0) is 6.92 Å². The van der Waals surface area contributed by atoms with Gasteiger partial charge in [-0.25, -0.2) is 9.78 Å². The summed E-state index contributed by atoms with van der Waals surface area (Å²) < 4.78 is 5.31. The van der Waals surface area contributed by atoms with Gasteiger partial charge in [0.25, 0.3) is 0 Å². The Morgan fingerprint density at radius 2 is 2.35 bits per heavy atom. The number of carboxylic acid groups (broad SMARTS) is 1. The van der Waals surface area contributed by atoms with E-state index in [1.54, 1.807) is 4.90 Å². The normalized spacial score (nSPS) is 18.6. The van der Waals surface area contributed by atoms with Crippen molar-refractivity contribution in [3.8, 4) is 0 Å². The van der Waals surface area contributed by atoms with Crippen LogP contribution in [-0.4, -0.2) is 59.3 Å². The second-order valence-electron chi connectivity index (χ2n) is 4.25. The molecule has 1 aromatic rings. The number of nitrogens with one attached hydrogen (secondary N) is 1. The molecule has 2 N–H and O–H groups in total. The highest BCUT2D eigenvalue weighted by Gasteiger charge is 2.30. The molecule has 2 rings (SSSR count). The zero-order chi connectivity index (χ0) is 14.5. The summed E-state index contributed by atoms with van der Waals surface area (Å²) in [4.78, 5) is 32.5. The van der Waals surface area contributed by atoms with E-state index in [0.717, 1.165) is 0 Å². The van der Waals surface area contributed by atoms with Crippen molar-refractivity contribution in [2.24, 2.45) is 0 Å². The average molecular weight is 280 g/mol. The summed E-state index contributed by atoms with van der Waals surface area (Å²) >= 11 is 0. The lowest BCUT2D eigenvalue weighted by Crippen LogP contribution is -2.54. The number of anilines is 1. The van der Waals surface area contributed by atoms with Crippen LogP contribution in [0.25, 0.3) is 0 Å². The van der Waals surface area contributed by atoms with Gasteiger partial charge >= 0.3 is 5.97 Å². The molecule has 1 aliphatic rings. The standard InChI is InChI=1S/C12H16N4O4/c1-2-14-11(17)9-7-20-4-3-16(9)10-6-13-5-8(15-10)12(18)19/h5-6,9H,2-4,7H2,1H3,(H,14,17)(H,18,19). The molecule has 1 atom stereocenters. The summed E-state index contributed by atoms with van der Waals surface area (Å²) in [5, 5.41) is 11.7. The van der Waals surface area contributed by atoms with Gasteiger partial charge in [-0.15, -0.1) is 0 Å². The molecule has 108 valence electrons. The Bertz CT molecular complexity index is 508. The number of morpholine rings is 1. The number of hydrogen-bond donors (Lipinski definition) is 2. The summed E-state index contributed by atoms with van der Waals surface area (Å²) in [6.07, 6.45) is 2.62. The van der Waals surface area contributed by atoms with Gasteiger partial charge in [0, 0.05) is 13.1 Å². The Morgan fingerprint density at radius 1 is 1.55 bits per heavy atom.